The SMILES string of the molecule is COc1cc(/C=C(\c2cc(OC)c(OC)c(OC)c2)c2nc3cc(Cl)ccc3o2)ccc1O. The highest BCUT2D eigenvalue weighted by Gasteiger charge is 2.20. The van der Waals surface area contributed by atoms with Gasteiger partial charge in [-0.2, -0.15) is 0 Å². The van der Waals surface area contributed by atoms with Crippen LogP contribution in [-0.2, 0) is 0 Å². The molecule has 0 amide bonds. The van der Waals surface area contributed by atoms with Gasteiger partial charge in [-0.25, -0.2) is 4.98 Å². The number of nitrogens with zero attached hydrogens (tertiary/aromatic N) is 1. The highest BCUT2D eigenvalue weighted by Crippen LogP contribution is 2.42. The summed E-state index contributed by atoms with van der Waals surface area (Å²) in [5.74, 6) is 2.20. The summed E-state index contributed by atoms with van der Waals surface area (Å²) in [6.07, 6.45) is 1.87. The van der Waals surface area contributed by atoms with E-state index in [0.29, 0.717) is 56.1 Å². The van der Waals surface area contributed by atoms with E-state index in [9.17, 15) is 5.11 Å². The normalized spacial score (nSPS) is 11.5. The lowest BCUT2D eigenvalue weighted by molar-refractivity contribution is 0.324. The fourth-order valence-corrected chi connectivity index (χ4v) is 3.64. The number of phenols is 1. The Bertz CT molecular complexity index is 1320. The number of hydrogen-bond donors (Lipinski definition) is 1. The Morgan fingerprint density at radius 2 is 1.58 bits per heavy atom. The van der Waals surface area contributed by atoms with E-state index in [2.05, 4.69) is 4.98 Å². The number of aromatic hydroxyl groups is 1. The molecule has 7 nitrogen and oxygen atoms in total. The number of methoxy groups -OCH3 is 4. The van der Waals surface area contributed by atoms with Gasteiger partial charge in [-0.05, 0) is 59.7 Å². The van der Waals surface area contributed by atoms with Crippen LogP contribution in [0.5, 0.6) is 28.7 Å². The smallest absolute Gasteiger partial charge is 0.227 e. The Morgan fingerprint density at radius 1 is 0.879 bits per heavy atom. The van der Waals surface area contributed by atoms with Crippen LogP contribution in [0.1, 0.15) is 17.0 Å². The molecular formula is C25H22ClNO6. The highest BCUT2D eigenvalue weighted by atomic mass is 35.5. The first-order valence-corrected chi connectivity index (χ1v) is 10.3. The molecule has 33 heavy (non-hydrogen) atoms. The van der Waals surface area contributed by atoms with Crippen LogP contribution in [0.2, 0.25) is 5.02 Å². The molecule has 8 heteroatoms. The van der Waals surface area contributed by atoms with Crippen LogP contribution in [-0.4, -0.2) is 38.5 Å². The molecule has 170 valence electrons. The van der Waals surface area contributed by atoms with E-state index in [1.807, 2.05) is 18.2 Å². The molecule has 0 bridgehead atoms. The summed E-state index contributed by atoms with van der Waals surface area (Å²) in [6.45, 7) is 0. The van der Waals surface area contributed by atoms with Crippen molar-refractivity contribution >= 4 is 34.3 Å². The molecule has 0 aliphatic carbocycles. The molecule has 0 radical (unpaired) electrons. The summed E-state index contributed by atoms with van der Waals surface area (Å²) in [4.78, 5) is 4.65. The van der Waals surface area contributed by atoms with Crippen molar-refractivity contribution in [3.8, 4) is 28.7 Å². The van der Waals surface area contributed by atoms with Crippen LogP contribution in [0.15, 0.2) is 52.9 Å². The first-order chi connectivity index (χ1) is 16.0. The fraction of sp³-hybridized carbons (Fsp3) is 0.160. The van der Waals surface area contributed by atoms with E-state index in [-0.39, 0.29) is 5.75 Å². The number of phenolic OH excluding ortho intramolecular Hbond substituents is 1. The lowest BCUT2D eigenvalue weighted by atomic mass is 10.0. The number of hydrogen-bond acceptors (Lipinski definition) is 7. The van der Waals surface area contributed by atoms with Gasteiger partial charge in [-0.3, -0.25) is 0 Å². The molecule has 0 unspecified atom stereocenters. The quantitative estimate of drug-likeness (QED) is 0.343. The van der Waals surface area contributed by atoms with E-state index in [1.165, 1.54) is 7.11 Å². The van der Waals surface area contributed by atoms with Crippen molar-refractivity contribution in [1.82, 2.24) is 4.98 Å². The lowest BCUT2D eigenvalue weighted by Crippen LogP contribution is -1.98. The Morgan fingerprint density at radius 3 is 2.21 bits per heavy atom. The fourth-order valence-electron chi connectivity index (χ4n) is 3.47. The van der Waals surface area contributed by atoms with Gasteiger partial charge in [0.25, 0.3) is 0 Å². The van der Waals surface area contributed by atoms with Crippen molar-refractivity contribution in [2.24, 2.45) is 0 Å². The maximum absolute atomic E-state index is 9.98. The Balaban J connectivity index is 1.97. The third kappa shape index (κ3) is 4.40. The molecule has 0 saturated heterocycles. The van der Waals surface area contributed by atoms with Crippen LogP contribution in [0.3, 0.4) is 0 Å². The van der Waals surface area contributed by atoms with Gasteiger partial charge < -0.3 is 28.5 Å². The zero-order valence-corrected chi connectivity index (χ0v) is 19.3. The minimum absolute atomic E-state index is 0.0421. The molecule has 1 heterocycles. The van der Waals surface area contributed by atoms with Gasteiger partial charge in [0.2, 0.25) is 11.6 Å². The van der Waals surface area contributed by atoms with Crippen LogP contribution < -0.4 is 18.9 Å². The summed E-state index contributed by atoms with van der Waals surface area (Å²) in [5.41, 5.74) is 3.34. The molecule has 3 aromatic carbocycles. The maximum Gasteiger partial charge on any atom is 0.227 e. The van der Waals surface area contributed by atoms with Gasteiger partial charge in [-0.15, -0.1) is 0 Å². The molecule has 4 aromatic rings. The van der Waals surface area contributed by atoms with E-state index >= 15 is 0 Å². The topological polar surface area (TPSA) is 83.2 Å². The van der Waals surface area contributed by atoms with Crippen molar-refractivity contribution in [2.75, 3.05) is 28.4 Å². The average Bonchev–Trinajstić information content (AvgIpc) is 3.25. The standard InChI is InChI=1S/C25H22ClNO6/c1-29-21-10-14(5-7-19(21)28)9-17(25-27-18-13-16(26)6-8-20(18)33-25)15-11-22(30-2)24(32-4)23(12-15)31-3/h5-13,28H,1-4H3/b17-9+. The van der Waals surface area contributed by atoms with Crippen molar-refractivity contribution < 1.29 is 28.5 Å². The molecule has 0 atom stereocenters. The molecule has 4 rings (SSSR count). The lowest BCUT2D eigenvalue weighted by Gasteiger charge is -2.15. The van der Waals surface area contributed by atoms with Crippen LogP contribution in [0.25, 0.3) is 22.7 Å². The van der Waals surface area contributed by atoms with Gasteiger partial charge in [0, 0.05) is 10.6 Å². The van der Waals surface area contributed by atoms with Crippen LogP contribution in [0.4, 0.5) is 0 Å². The van der Waals surface area contributed by atoms with E-state index < -0.39 is 0 Å². The predicted molar refractivity (Wildman–Crippen MR) is 127 cm³/mol. The van der Waals surface area contributed by atoms with E-state index in [4.69, 9.17) is 35.0 Å². The zero-order valence-electron chi connectivity index (χ0n) is 18.5. The number of oxazole rings is 1. The number of fused-ring (bicyclic) bond motifs is 1. The molecule has 1 N–H and O–H groups in total. The summed E-state index contributed by atoms with van der Waals surface area (Å²) >= 11 is 6.13. The first kappa shape index (κ1) is 22.4. The zero-order chi connectivity index (χ0) is 23.5. The largest absolute Gasteiger partial charge is 0.504 e. The second-order valence-corrected chi connectivity index (χ2v) is 7.47. The second kappa shape index (κ2) is 9.34. The minimum atomic E-state index is 0.0421. The van der Waals surface area contributed by atoms with Gasteiger partial charge in [0.1, 0.15) is 5.52 Å². The number of ether oxygens (including phenoxy) is 4. The molecule has 0 fully saturated rings. The third-order valence-corrected chi connectivity index (χ3v) is 5.31. The van der Waals surface area contributed by atoms with Gasteiger partial charge in [0.05, 0.1) is 28.4 Å². The van der Waals surface area contributed by atoms with Gasteiger partial charge in [-0.1, -0.05) is 17.7 Å². The average molecular weight is 468 g/mol. The number of halogens is 1. The predicted octanol–water partition coefficient (Wildman–Crippen LogP) is 5.81. The number of benzene rings is 3. The summed E-state index contributed by atoms with van der Waals surface area (Å²) in [6, 6.07) is 13.9. The summed E-state index contributed by atoms with van der Waals surface area (Å²) < 4.78 is 27.8. The Labute approximate surface area is 195 Å². The first-order valence-electron chi connectivity index (χ1n) is 9.93. The van der Waals surface area contributed by atoms with Crippen molar-refractivity contribution in [3.63, 3.8) is 0 Å². The Kier molecular flexibility index (Phi) is 6.33. The second-order valence-electron chi connectivity index (χ2n) is 7.03. The molecule has 0 aliphatic heterocycles. The van der Waals surface area contributed by atoms with Crippen LogP contribution in [0, 0.1) is 0 Å². The maximum atomic E-state index is 9.98. The van der Waals surface area contributed by atoms with Crippen molar-refractivity contribution in [1.29, 1.82) is 0 Å². The monoisotopic (exact) mass is 467 g/mol. The van der Waals surface area contributed by atoms with E-state index in [0.717, 1.165) is 5.56 Å². The number of aromatic nitrogens is 1. The molecule has 1 aromatic heterocycles. The molecule has 0 saturated carbocycles. The summed E-state index contributed by atoms with van der Waals surface area (Å²) in [7, 11) is 6.14. The van der Waals surface area contributed by atoms with Crippen molar-refractivity contribution in [3.05, 3.63) is 70.6 Å². The highest BCUT2D eigenvalue weighted by molar-refractivity contribution is 6.31. The van der Waals surface area contributed by atoms with Crippen LogP contribution >= 0.6 is 11.6 Å². The minimum Gasteiger partial charge on any atom is -0.504 e. The van der Waals surface area contributed by atoms with Gasteiger partial charge in [0.15, 0.2) is 28.6 Å². The third-order valence-electron chi connectivity index (χ3n) is 5.07. The molecule has 0 aliphatic rings. The van der Waals surface area contributed by atoms with Gasteiger partial charge >= 0.3 is 0 Å². The molecular weight excluding hydrogens is 446 g/mol. The van der Waals surface area contributed by atoms with E-state index in [1.54, 1.807) is 57.7 Å². The Hall–Kier alpha value is -3.84. The number of rotatable bonds is 7. The molecule has 0 spiro atoms. The summed E-state index contributed by atoms with van der Waals surface area (Å²) in [5, 5.41) is 10.5. The van der Waals surface area contributed by atoms with Crippen molar-refractivity contribution in [2.45, 2.75) is 0 Å².